The second-order valence-electron chi connectivity index (χ2n) is 10.4. The molecule has 0 radical (unpaired) electrons. The van der Waals surface area contributed by atoms with Gasteiger partial charge in [-0.15, -0.1) is 0 Å². The SMILES string of the molecule is COc1ccc(N2CCN(c3cc(C(=O)N(C)C)cc(Nc4cc(C(C)(C)C)nn4C)n3)CC2)cc1. The molecule has 0 spiro atoms. The van der Waals surface area contributed by atoms with E-state index in [9.17, 15) is 4.79 Å². The summed E-state index contributed by atoms with van der Waals surface area (Å²) in [5.41, 5.74) is 2.70. The normalized spacial score (nSPS) is 14.1. The van der Waals surface area contributed by atoms with E-state index in [0.29, 0.717) is 11.4 Å². The summed E-state index contributed by atoms with van der Waals surface area (Å²) in [7, 11) is 7.11. The molecule has 9 nitrogen and oxygen atoms in total. The summed E-state index contributed by atoms with van der Waals surface area (Å²) in [6, 6.07) is 13.9. The fourth-order valence-corrected chi connectivity index (χ4v) is 4.19. The van der Waals surface area contributed by atoms with Crippen molar-refractivity contribution in [3.63, 3.8) is 0 Å². The number of pyridine rings is 1. The predicted octanol–water partition coefficient (Wildman–Crippen LogP) is 3.89. The molecule has 1 fully saturated rings. The molecule has 192 valence electrons. The van der Waals surface area contributed by atoms with E-state index in [1.54, 1.807) is 26.1 Å². The number of carbonyl (C=O) groups is 1. The second kappa shape index (κ2) is 10.1. The van der Waals surface area contributed by atoms with Crippen molar-refractivity contribution in [2.75, 3.05) is 62.5 Å². The molecule has 0 aliphatic carbocycles. The van der Waals surface area contributed by atoms with Crippen LogP contribution < -0.4 is 19.9 Å². The molecule has 3 heterocycles. The number of nitrogens with one attached hydrogen (secondary N) is 1. The number of rotatable bonds is 6. The van der Waals surface area contributed by atoms with Crippen LogP contribution >= 0.6 is 0 Å². The van der Waals surface area contributed by atoms with Crippen molar-refractivity contribution in [2.24, 2.45) is 7.05 Å². The highest BCUT2D eigenvalue weighted by Crippen LogP contribution is 2.28. The van der Waals surface area contributed by atoms with E-state index >= 15 is 0 Å². The number of benzene rings is 1. The number of anilines is 4. The lowest BCUT2D eigenvalue weighted by molar-refractivity contribution is 0.0827. The maximum absolute atomic E-state index is 12.9. The van der Waals surface area contributed by atoms with Gasteiger partial charge in [0.2, 0.25) is 0 Å². The third-order valence-corrected chi connectivity index (χ3v) is 6.41. The van der Waals surface area contributed by atoms with Crippen LogP contribution in [0.1, 0.15) is 36.8 Å². The Morgan fingerprint density at radius 2 is 1.64 bits per heavy atom. The van der Waals surface area contributed by atoms with Crippen LogP contribution in [0.15, 0.2) is 42.5 Å². The minimum Gasteiger partial charge on any atom is -0.497 e. The van der Waals surface area contributed by atoms with E-state index in [2.05, 4.69) is 53.1 Å². The Balaban J connectivity index is 1.57. The molecule has 1 aromatic carbocycles. The largest absolute Gasteiger partial charge is 0.497 e. The molecule has 4 rings (SSSR count). The summed E-state index contributed by atoms with van der Waals surface area (Å²) in [4.78, 5) is 24.0. The van der Waals surface area contributed by atoms with E-state index < -0.39 is 0 Å². The molecule has 1 aliphatic heterocycles. The van der Waals surface area contributed by atoms with Crippen molar-refractivity contribution < 1.29 is 9.53 Å². The highest BCUT2D eigenvalue weighted by molar-refractivity contribution is 5.95. The number of piperazine rings is 1. The highest BCUT2D eigenvalue weighted by atomic mass is 16.5. The van der Waals surface area contributed by atoms with Crippen LogP contribution in [0.3, 0.4) is 0 Å². The maximum Gasteiger partial charge on any atom is 0.253 e. The molecule has 2 aromatic heterocycles. The molecule has 1 amide bonds. The van der Waals surface area contributed by atoms with Crippen LogP contribution in [-0.4, -0.2) is 73.0 Å². The number of aryl methyl sites for hydroxylation is 1. The van der Waals surface area contributed by atoms with Crippen molar-refractivity contribution in [2.45, 2.75) is 26.2 Å². The lowest BCUT2D eigenvalue weighted by atomic mass is 9.92. The van der Waals surface area contributed by atoms with Crippen LogP contribution in [0.2, 0.25) is 0 Å². The number of nitrogens with zero attached hydrogens (tertiary/aromatic N) is 6. The van der Waals surface area contributed by atoms with Crippen molar-refractivity contribution in [1.82, 2.24) is 19.7 Å². The van der Waals surface area contributed by atoms with E-state index in [4.69, 9.17) is 9.72 Å². The molecule has 0 bridgehead atoms. The van der Waals surface area contributed by atoms with Crippen molar-refractivity contribution in [3.05, 3.63) is 53.7 Å². The first-order valence-electron chi connectivity index (χ1n) is 12.2. The van der Waals surface area contributed by atoms with Crippen LogP contribution in [0.4, 0.5) is 23.1 Å². The molecule has 1 N–H and O–H groups in total. The van der Waals surface area contributed by atoms with Gasteiger partial charge in [0.1, 0.15) is 23.2 Å². The maximum atomic E-state index is 12.9. The number of ether oxygens (including phenoxy) is 1. The van der Waals surface area contributed by atoms with Crippen LogP contribution in [0.25, 0.3) is 0 Å². The van der Waals surface area contributed by atoms with Gasteiger partial charge in [-0.1, -0.05) is 20.8 Å². The van der Waals surface area contributed by atoms with Gasteiger partial charge in [-0.05, 0) is 36.4 Å². The van der Waals surface area contributed by atoms with Crippen molar-refractivity contribution in [1.29, 1.82) is 0 Å². The fourth-order valence-electron chi connectivity index (χ4n) is 4.19. The van der Waals surface area contributed by atoms with Crippen LogP contribution in [0, 0.1) is 0 Å². The van der Waals surface area contributed by atoms with Crippen molar-refractivity contribution in [3.8, 4) is 5.75 Å². The molecule has 36 heavy (non-hydrogen) atoms. The zero-order chi connectivity index (χ0) is 26.0. The van der Waals surface area contributed by atoms with Crippen LogP contribution in [-0.2, 0) is 12.5 Å². The average Bonchev–Trinajstić information content (AvgIpc) is 3.24. The van der Waals surface area contributed by atoms with Gasteiger partial charge in [0, 0.05) is 70.1 Å². The first kappa shape index (κ1) is 25.3. The highest BCUT2D eigenvalue weighted by Gasteiger charge is 2.22. The van der Waals surface area contributed by atoms with Gasteiger partial charge in [0.15, 0.2) is 0 Å². The van der Waals surface area contributed by atoms with Gasteiger partial charge in [0.25, 0.3) is 5.91 Å². The second-order valence-corrected chi connectivity index (χ2v) is 10.4. The molecule has 0 saturated carbocycles. The lowest BCUT2D eigenvalue weighted by Gasteiger charge is -2.37. The summed E-state index contributed by atoms with van der Waals surface area (Å²) in [6.45, 7) is 9.74. The number of carbonyl (C=O) groups excluding carboxylic acids is 1. The van der Waals surface area contributed by atoms with Gasteiger partial charge in [-0.25, -0.2) is 4.98 Å². The summed E-state index contributed by atoms with van der Waals surface area (Å²) in [6.07, 6.45) is 0. The third kappa shape index (κ3) is 5.56. The summed E-state index contributed by atoms with van der Waals surface area (Å²) in [5.74, 6) is 3.04. The van der Waals surface area contributed by atoms with Gasteiger partial charge < -0.3 is 24.8 Å². The lowest BCUT2D eigenvalue weighted by Crippen LogP contribution is -2.47. The Hall–Kier alpha value is -3.75. The van der Waals surface area contributed by atoms with Gasteiger partial charge >= 0.3 is 0 Å². The zero-order valence-electron chi connectivity index (χ0n) is 22.4. The number of aromatic nitrogens is 3. The number of methoxy groups -OCH3 is 1. The standard InChI is InChI=1S/C27H37N7O2/c1-27(2,3)22-18-24(32(6)30-22)28-23-16-19(26(35)31(4)5)17-25(29-23)34-14-12-33(13-15-34)20-8-10-21(36-7)11-9-20/h8-11,16-18H,12-15H2,1-7H3,(H,28,29). The average molecular weight is 492 g/mol. The molecule has 3 aromatic rings. The Bertz CT molecular complexity index is 1200. The summed E-state index contributed by atoms with van der Waals surface area (Å²) < 4.78 is 7.10. The van der Waals surface area contributed by atoms with Gasteiger partial charge in [-0.3, -0.25) is 9.48 Å². The Morgan fingerprint density at radius 3 is 2.19 bits per heavy atom. The quantitative estimate of drug-likeness (QED) is 0.560. The number of hydrogen-bond acceptors (Lipinski definition) is 7. The molecular weight excluding hydrogens is 454 g/mol. The van der Waals surface area contributed by atoms with E-state index in [-0.39, 0.29) is 11.3 Å². The number of amides is 1. The zero-order valence-corrected chi connectivity index (χ0v) is 22.4. The van der Waals surface area contributed by atoms with E-state index in [1.807, 2.05) is 42.1 Å². The first-order chi connectivity index (χ1) is 17.0. The Kier molecular flexibility index (Phi) is 7.10. The van der Waals surface area contributed by atoms with E-state index in [0.717, 1.165) is 49.3 Å². The van der Waals surface area contributed by atoms with Crippen LogP contribution in [0.5, 0.6) is 5.75 Å². The molecule has 0 unspecified atom stereocenters. The summed E-state index contributed by atoms with van der Waals surface area (Å²) in [5, 5.41) is 8.04. The molecule has 9 heteroatoms. The van der Waals surface area contributed by atoms with Gasteiger partial charge in [0.05, 0.1) is 12.8 Å². The minimum absolute atomic E-state index is 0.0565. The number of hydrogen-bond donors (Lipinski definition) is 1. The molecular formula is C27H37N7O2. The first-order valence-corrected chi connectivity index (χ1v) is 12.2. The molecule has 0 atom stereocenters. The molecule has 1 saturated heterocycles. The van der Waals surface area contributed by atoms with E-state index in [1.165, 1.54) is 5.69 Å². The Morgan fingerprint density at radius 1 is 1.00 bits per heavy atom. The minimum atomic E-state index is -0.0669. The topological polar surface area (TPSA) is 78.8 Å². The third-order valence-electron chi connectivity index (χ3n) is 6.41. The molecule has 1 aliphatic rings. The predicted molar refractivity (Wildman–Crippen MR) is 145 cm³/mol. The van der Waals surface area contributed by atoms with Gasteiger partial charge in [-0.2, -0.15) is 5.10 Å². The van der Waals surface area contributed by atoms with Crippen molar-refractivity contribution >= 4 is 29.0 Å². The summed E-state index contributed by atoms with van der Waals surface area (Å²) >= 11 is 0. The fraction of sp³-hybridized carbons (Fsp3) is 0.444. The Labute approximate surface area is 213 Å². The monoisotopic (exact) mass is 491 g/mol. The smallest absolute Gasteiger partial charge is 0.253 e.